The van der Waals surface area contributed by atoms with E-state index in [2.05, 4.69) is 102 Å². The van der Waals surface area contributed by atoms with Gasteiger partial charge >= 0.3 is 0 Å². The Labute approximate surface area is 173 Å². The maximum atomic E-state index is 4.98. The standard InChI is InChI=1S/C25H30N4/c1-16-11-13-19(14-12-16)29-23-20(21(28-29)25(5,6)7)26-22(27-23)17-9-8-10-18(15-17)24(2,3)4/h8-15H,1-7H3,(H,26,27). The average Bonchev–Trinajstić information content (AvgIpc) is 3.20. The van der Waals surface area contributed by atoms with Gasteiger partial charge in [0, 0.05) is 11.0 Å². The molecule has 0 aliphatic carbocycles. The maximum Gasteiger partial charge on any atom is 0.181 e. The highest BCUT2D eigenvalue weighted by atomic mass is 15.3. The first-order valence-electron chi connectivity index (χ1n) is 10.2. The van der Waals surface area contributed by atoms with Crippen molar-refractivity contribution in [1.82, 2.24) is 19.7 Å². The minimum Gasteiger partial charge on any atom is -0.335 e. The molecule has 0 fully saturated rings. The lowest BCUT2D eigenvalue weighted by atomic mass is 9.86. The summed E-state index contributed by atoms with van der Waals surface area (Å²) in [6.07, 6.45) is 0. The fourth-order valence-corrected chi connectivity index (χ4v) is 3.54. The van der Waals surface area contributed by atoms with E-state index in [1.54, 1.807) is 0 Å². The number of rotatable bonds is 2. The smallest absolute Gasteiger partial charge is 0.181 e. The van der Waals surface area contributed by atoms with Crippen LogP contribution < -0.4 is 0 Å². The van der Waals surface area contributed by atoms with Crippen LogP contribution in [0.1, 0.15) is 58.4 Å². The minimum absolute atomic E-state index is 0.0920. The zero-order chi connectivity index (χ0) is 21.0. The van der Waals surface area contributed by atoms with Crippen molar-refractivity contribution in [3.63, 3.8) is 0 Å². The van der Waals surface area contributed by atoms with E-state index in [0.717, 1.165) is 33.9 Å². The quantitative estimate of drug-likeness (QED) is 0.438. The number of fused-ring (bicyclic) bond motifs is 1. The number of benzene rings is 2. The molecule has 29 heavy (non-hydrogen) atoms. The molecule has 0 amide bonds. The second kappa shape index (κ2) is 6.58. The van der Waals surface area contributed by atoms with Crippen molar-refractivity contribution < 1.29 is 0 Å². The number of aromatic nitrogens is 4. The third kappa shape index (κ3) is 3.59. The van der Waals surface area contributed by atoms with Gasteiger partial charge in [0.2, 0.25) is 0 Å². The first-order valence-corrected chi connectivity index (χ1v) is 10.2. The Morgan fingerprint density at radius 3 is 2.17 bits per heavy atom. The van der Waals surface area contributed by atoms with E-state index in [1.165, 1.54) is 11.1 Å². The van der Waals surface area contributed by atoms with Gasteiger partial charge in [0.25, 0.3) is 0 Å². The number of hydrogen-bond acceptors (Lipinski definition) is 2. The third-order valence-corrected chi connectivity index (χ3v) is 5.31. The lowest BCUT2D eigenvalue weighted by Gasteiger charge is -2.19. The molecule has 0 aliphatic heterocycles. The molecule has 0 spiro atoms. The molecular formula is C25H30N4. The van der Waals surface area contributed by atoms with E-state index in [9.17, 15) is 0 Å². The van der Waals surface area contributed by atoms with Crippen LogP contribution in [0.2, 0.25) is 0 Å². The van der Waals surface area contributed by atoms with Crippen molar-refractivity contribution in [3.8, 4) is 17.1 Å². The maximum absolute atomic E-state index is 4.98. The van der Waals surface area contributed by atoms with E-state index in [4.69, 9.17) is 10.1 Å². The van der Waals surface area contributed by atoms with Crippen LogP contribution in [-0.4, -0.2) is 19.7 Å². The number of H-pyrrole nitrogens is 1. The van der Waals surface area contributed by atoms with Crippen molar-refractivity contribution in [1.29, 1.82) is 0 Å². The van der Waals surface area contributed by atoms with Gasteiger partial charge in [-0.3, -0.25) is 0 Å². The highest BCUT2D eigenvalue weighted by Crippen LogP contribution is 2.33. The molecule has 2 aromatic heterocycles. The molecule has 150 valence electrons. The predicted molar refractivity (Wildman–Crippen MR) is 121 cm³/mol. The summed E-state index contributed by atoms with van der Waals surface area (Å²) in [5, 5.41) is 4.94. The molecule has 4 heteroatoms. The molecule has 0 saturated carbocycles. The van der Waals surface area contributed by atoms with Crippen molar-refractivity contribution in [2.24, 2.45) is 0 Å². The van der Waals surface area contributed by atoms with Gasteiger partial charge in [-0.1, -0.05) is 77.4 Å². The van der Waals surface area contributed by atoms with Crippen molar-refractivity contribution in [3.05, 3.63) is 65.4 Å². The second-order valence-corrected chi connectivity index (χ2v) is 9.96. The van der Waals surface area contributed by atoms with Crippen LogP contribution in [0.25, 0.3) is 28.2 Å². The Morgan fingerprint density at radius 1 is 0.862 bits per heavy atom. The van der Waals surface area contributed by atoms with Gasteiger partial charge < -0.3 is 4.98 Å². The van der Waals surface area contributed by atoms with Crippen LogP contribution in [0.5, 0.6) is 0 Å². The largest absolute Gasteiger partial charge is 0.335 e. The van der Waals surface area contributed by atoms with Crippen LogP contribution in [0.3, 0.4) is 0 Å². The molecule has 4 aromatic rings. The molecular weight excluding hydrogens is 356 g/mol. The summed E-state index contributed by atoms with van der Waals surface area (Å²) in [5.41, 5.74) is 7.56. The first-order chi connectivity index (χ1) is 13.5. The fourth-order valence-electron chi connectivity index (χ4n) is 3.54. The summed E-state index contributed by atoms with van der Waals surface area (Å²) in [4.78, 5) is 8.56. The van der Waals surface area contributed by atoms with Gasteiger partial charge in [0.1, 0.15) is 11.3 Å². The number of nitrogens with one attached hydrogen (secondary N) is 1. The van der Waals surface area contributed by atoms with E-state index in [1.807, 2.05) is 4.68 Å². The van der Waals surface area contributed by atoms with Gasteiger partial charge in [0.15, 0.2) is 5.65 Å². The number of hydrogen-bond donors (Lipinski definition) is 1. The van der Waals surface area contributed by atoms with E-state index in [-0.39, 0.29) is 10.8 Å². The Kier molecular flexibility index (Phi) is 4.41. The summed E-state index contributed by atoms with van der Waals surface area (Å²) in [7, 11) is 0. The molecule has 2 aromatic carbocycles. The van der Waals surface area contributed by atoms with Crippen LogP contribution in [0, 0.1) is 6.92 Å². The molecule has 0 atom stereocenters. The SMILES string of the molecule is Cc1ccc(-n2nc(C(C)(C)C)c3[nH]c(-c4cccc(C(C)(C)C)c4)nc32)cc1. The number of aromatic amines is 1. The Bertz CT molecular complexity index is 1160. The van der Waals surface area contributed by atoms with Gasteiger partial charge in [-0.2, -0.15) is 5.10 Å². The predicted octanol–water partition coefficient (Wildman–Crippen LogP) is 6.32. The summed E-state index contributed by atoms with van der Waals surface area (Å²) in [5.74, 6) is 0.884. The number of imidazole rings is 1. The lowest BCUT2D eigenvalue weighted by molar-refractivity contribution is 0.563. The molecule has 4 rings (SSSR count). The van der Waals surface area contributed by atoms with Crippen molar-refractivity contribution in [2.45, 2.75) is 59.3 Å². The van der Waals surface area contributed by atoms with Crippen LogP contribution in [-0.2, 0) is 10.8 Å². The molecule has 0 aliphatic rings. The molecule has 0 saturated heterocycles. The van der Waals surface area contributed by atoms with Crippen LogP contribution >= 0.6 is 0 Å². The van der Waals surface area contributed by atoms with Crippen molar-refractivity contribution in [2.75, 3.05) is 0 Å². The average molecular weight is 387 g/mol. The fraction of sp³-hybridized carbons (Fsp3) is 0.360. The van der Waals surface area contributed by atoms with Crippen molar-refractivity contribution >= 4 is 11.2 Å². The molecule has 0 unspecified atom stereocenters. The number of aryl methyl sites for hydroxylation is 1. The topological polar surface area (TPSA) is 46.5 Å². The lowest BCUT2D eigenvalue weighted by Crippen LogP contribution is -2.13. The van der Waals surface area contributed by atoms with E-state index >= 15 is 0 Å². The third-order valence-electron chi connectivity index (χ3n) is 5.31. The molecule has 1 N–H and O–H groups in total. The summed E-state index contributed by atoms with van der Waals surface area (Å²) in [6.45, 7) is 15.4. The zero-order valence-corrected chi connectivity index (χ0v) is 18.5. The van der Waals surface area contributed by atoms with Gasteiger partial charge in [0.05, 0.1) is 11.4 Å². The number of nitrogens with zero attached hydrogens (tertiary/aromatic N) is 3. The van der Waals surface area contributed by atoms with Crippen LogP contribution in [0.15, 0.2) is 48.5 Å². The Balaban J connectivity index is 1.92. The Hall–Kier alpha value is -2.88. The summed E-state index contributed by atoms with van der Waals surface area (Å²) < 4.78 is 1.96. The van der Waals surface area contributed by atoms with E-state index < -0.39 is 0 Å². The monoisotopic (exact) mass is 386 g/mol. The first kappa shape index (κ1) is 19.4. The molecule has 0 radical (unpaired) electrons. The Morgan fingerprint density at radius 2 is 1.55 bits per heavy atom. The zero-order valence-electron chi connectivity index (χ0n) is 18.5. The van der Waals surface area contributed by atoms with E-state index in [0.29, 0.717) is 0 Å². The minimum atomic E-state index is -0.0920. The van der Waals surface area contributed by atoms with Gasteiger partial charge in [-0.05, 0) is 36.1 Å². The summed E-state index contributed by atoms with van der Waals surface area (Å²) >= 11 is 0. The van der Waals surface area contributed by atoms with Crippen LogP contribution in [0.4, 0.5) is 0 Å². The molecule has 4 nitrogen and oxygen atoms in total. The molecule has 2 heterocycles. The second-order valence-electron chi connectivity index (χ2n) is 9.96. The normalized spacial score (nSPS) is 12.7. The summed E-state index contributed by atoms with van der Waals surface area (Å²) in [6, 6.07) is 17.1. The highest BCUT2D eigenvalue weighted by molar-refractivity contribution is 5.81. The van der Waals surface area contributed by atoms with Gasteiger partial charge in [-0.15, -0.1) is 0 Å². The highest BCUT2D eigenvalue weighted by Gasteiger charge is 2.26. The molecule has 0 bridgehead atoms. The van der Waals surface area contributed by atoms with Gasteiger partial charge in [-0.25, -0.2) is 9.67 Å².